The molecule has 1 aliphatic rings. The smallest absolute Gasteiger partial charge is 0.337 e. The van der Waals surface area contributed by atoms with Crippen LogP contribution in [0.5, 0.6) is 0 Å². The summed E-state index contributed by atoms with van der Waals surface area (Å²) >= 11 is 5.91. The molecule has 112 valence electrons. The molecule has 0 spiro atoms. The number of anilines is 1. The Morgan fingerprint density at radius 1 is 1.33 bits per heavy atom. The second-order valence-electron chi connectivity index (χ2n) is 5.17. The Bertz CT molecular complexity index is 622. The summed E-state index contributed by atoms with van der Waals surface area (Å²) < 4.78 is 0. The zero-order chi connectivity index (χ0) is 15.8. The van der Waals surface area contributed by atoms with Crippen molar-refractivity contribution in [3.63, 3.8) is 0 Å². The molecule has 0 saturated carbocycles. The summed E-state index contributed by atoms with van der Waals surface area (Å²) in [6.07, 6.45) is 1.36. The summed E-state index contributed by atoms with van der Waals surface area (Å²) in [6.45, 7) is 3.78. The summed E-state index contributed by atoms with van der Waals surface area (Å²) in [7, 11) is 0. The summed E-state index contributed by atoms with van der Waals surface area (Å²) in [5, 5.41) is 8.96. The first-order valence-electron chi connectivity index (χ1n) is 6.76. The van der Waals surface area contributed by atoms with E-state index in [-0.39, 0.29) is 28.8 Å². The molecule has 6 heteroatoms. The Morgan fingerprint density at radius 3 is 2.38 bits per heavy atom. The Labute approximate surface area is 127 Å². The van der Waals surface area contributed by atoms with Crippen molar-refractivity contribution in [2.75, 3.05) is 4.90 Å². The predicted molar refractivity (Wildman–Crippen MR) is 78.5 cm³/mol. The second kappa shape index (κ2) is 5.48. The average Bonchev–Trinajstić information content (AvgIpc) is 2.69. The SMILES string of the molecule is CCC1(CC)CC(=O)N(c2ccc(C(=O)O)c(Cl)c2)C1=O. The van der Waals surface area contributed by atoms with E-state index in [9.17, 15) is 14.4 Å². The third kappa shape index (κ3) is 2.42. The minimum Gasteiger partial charge on any atom is -0.478 e. The molecule has 2 amide bonds. The van der Waals surface area contributed by atoms with Crippen molar-refractivity contribution < 1.29 is 19.5 Å². The number of amides is 2. The Hall–Kier alpha value is -1.88. The van der Waals surface area contributed by atoms with Gasteiger partial charge < -0.3 is 5.11 Å². The van der Waals surface area contributed by atoms with E-state index >= 15 is 0 Å². The maximum Gasteiger partial charge on any atom is 0.337 e. The largest absolute Gasteiger partial charge is 0.478 e. The minimum atomic E-state index is -1.15. The molecule has 1 heterocycles. The zero-order valence-corrected chi connectivity index (χ0v) is 12.6. The number of carboxylic acid groups (broad SMARTS) is 1. The van der Waals surface area contributed by atoms with Gasteiger partial charge in [0.25, 0.3) is 0 Å². The molecule has 1 N–H and O–H groups in total. The van der Waals surface area contributed by atoms with Crippen LogP contribution < -0.4 is 4.90 Å². The van der Waals surface area contributed by atoms with Crippen LogP contribution in [0.3, 0.4) is 0 Å². The molecule has 0 radical (unpaired) electrons. The van der Waals surface area contributed by atoms with Gasteiger partial charge in [-0.3, -0.25) is 14.5 Å². The molecule has 0 unspecified atom stereocenters. The molecule has 0 aromatic heterocycles. The normalized spacial score (nSPS) is 17.4. The monoisotopic (exact) mass is 309 g/mol. The van der Waals surface area contributed by atoms with E-state index in [1.54, 1.807) is 0 Å². The van der Waals surface area contributed by atoms with Crippen LogP contribution in [0.15, 0.2) is 18.2 Å². The van der Waals surface area contributed by atoms with E-state index in [0.717, 1.165) is 4.90 Å². The van der Waals surface area contributed by atoms with Gasteiger partial charge in [-0.05, 0) is 31.0 Å². The first kappa shape index (κ1) is 15.5. The van der Waals surface area contributed by atoms with Gasteiger partial charge >= 0.3 is 5.97 Å². The van der Waals surface area contributed by atoms with Crippen molar-refractivity contribution in [3.8, 4) is 0 Å². The van der Waals surface area contributed by atoms with E-state index < -0.39 is 11.4 Å². The molecule has 1 fully saturated rings. The quantitative estimate of drug-likeness (QED) is 0.867. The van der Waals surface area contributed by atoms with Crippen molar-refractivity contribution in [1.29, 1.82) is 0 Å². The number of halogens is 1. The number of nitrogens with zero attached hydrogens (tertiary/aromatic N) is 1. The number of hydrogen-bond donors (Lipinski definition) is 1. The highest BCUT2D eigenvalue weighted by Crippen LogP contribution is 2.41. The third-order valence-electron chi connectivity index (χ3n) is 4.19. The minimum absolute atomic E-state index is 0.00565. The molecule has 21 heavy (non-hydrogen) atoms. The Balaban J connectivity index is 2.43. The Morgan fingerprint density at radius 2 is 1.95 bits per heavy atom. The maximum absolute atomic E-state index is 12.6. The Kier molecular flexibility index (Phi) is 4.05. The van der Waals surface area contributed by atoms with Gasteiger partial charge in [0.15, 0.2) is 0 Å². The summed E-state index contributed by atoms with van der Waals surface area (Å²) in [5.74, 6) is -1.67. The van der Waals surface area contributed by atoms with Crippen LogP contribution in [0.4, 0.5) is 5.69 Å². The standard InChI is InChI=1S/C15H16ClNO4/c1-3-15(4-2)8-12(18)17(14(15)21)9-5-6-10(13(19)20)11(16)7-9/h5-7H,3-4,8H2,1-2H3,(H,19,20). The first-order chi connectivity index (χ1) is 9.86. The van der Waals surface area contributed by atoms with E-state index in [2.05, 4.69) is 0 Å². The molecule has 1 aromatic rings. The summed E-state index contributed by atoms with van der Waals surface area (Å²) in [5.41, 5.74) is -0.393. The third-order valence-corrected chi connectivity index (χ3v) is 4.50. The van der Waals surface area contributed by atoms with E-state index in [4.69, 9.17) is 16.7 Å². The van der Waals surface area contributed by atoms with Gasteiger partial charge in [0.1, 0.15) is 0 Å². The lowest BCUT2D eigenvalue weighted by Crippen LogP contribution is -2.35. The fourth-order valence-electron chi connectivity index (χ4n) is 2.67. The highest BCUT2D eigenvalue weighted by atomic mass is 35.5. The van der Waals surface area contributed by atoms with Crippen molar-refractivity contribution in [2.24, 2.45) is 5.41 Å². The van der Waals surface area contributed by atoms with E-state index in [1.165, 1.54) is 18.2 Å². The summed E-state index contributed by atoms with van der Waals surface area (Å²) in [6, 6.07) is 4.09. The van der Waals surface area contributed by atoms with Crippen LogP contribution in [-0.4, -0.2) is 22.9 Å². The maximum atomic E-state index is 12.6. The number of aromatic carboxylic acids is 1. The number of carbonyl (C=O) groups excluding carboxylic acids is 2. The van der Waals surface area contributed by atoms with Gasteiger partial charge in [0, 0.05) is 6.42 Å². The van der Waals surface area contributed by atoms with Crippen LogP contribution in [0.25, 0.3) is 0 Å². The van der Waals surface area contributed by atoms with Gasteiger partial charge in [0.05, 0.1) is 21.7 Å². The lowest BCUT2D eigenvalue weighted by molar-refractivity contribution is -0.126. The molecular weight excluding hydrogens is 294 g/mol. The molecule has 1 aromatic carbocycles. The highest BCUT2D eigenvalue weighted by molar-refractivity contribution is 6.34. The van der Waals surface area contributed by atoms with Gasteiger partial charge in [-0.2, -0.15) is 0 Å². The van der Waals surface area contributed by atoms with Gasteiger partial charge in [0.2, 0.25) is 11.8 Å². The summed E-state index contributed by atoms with van der Waals surface area (Å²) in [4.78, 5) is 36.8. The van der Waals surface area contributed by atoms with Crippen molar-refractivity contribution in [2.45, 2.75) is 33.1 Å². The first-order valence-corrected chi connectivity index (χ1v) is 7.14. The molecule has 0 aliphatic carbocycles. The molecule has 1 saturated heterocycles. The van der Waals surface area contributed by atoms with Gasteiger partial charge in [-0.1, -0.05) is 25.4 Å². The average molecular weight is 310 g/mol. The fourth-order valence-corrected chi connectivity index (χ4v) is 2.93. The number of carboxylic acids is 1. The topological polar surface area (TPSA) is 74.7 Å². The number of benzene rings is 1. The van der Waals surface area contributed by atoms with Crippen LogP contribution in [0, 0.1) is 5.41 Å². The zero-order valence-electron chi connectivity index (χ0n) is 11.9. The van der Waals surface area contributed by atoms with E-state index in [0.29, 0.717) is 18.5 Å². The lowest BCUT2D eigenvalue weighted by atomic mass is 9.81. The van der Waals surface area contributed by atoms with Crippen molar-refractivity contribution in [3.05, 3.63) is 28.8 Å². The highest BCUT2D eigenvalue weighted by Gasteiger charge is 2.49. The predicted octanol–water partition coefficient (Wildman–Crippen LogP) is 3.11. The van der Waals surface area contributed by atoms with Gasteiger partial charge in [-0.25, -0.2) is 4.79 Å². The molecule has 0 bridgehead atoms. The van der Waals surface area contributed by atoms with Crippen molar-refractivity contribution >= 4 is 35.1 Å². The van der Waals surface area contributed by atoms with Crippen LogP contribution in [0.1, 0.15) is 43.5 Å². The van der Waals surface area contributed by atoms with Crippen LogP contribution in [0.2, 0.25) is 5.02 Å². The molecule has 5 nitrogen and oxygen atoms in total. The second-order valence-corrected chi connectivity index (χ2v) is 5.58. The fraction of sp³-hybridized carbons (Fsp3) is 0.400. The number of hydrogen-bond acceptors (Lipinski definition) is 3. The van der Waals surface area contributed by atoms with Crippen LogP contribution >= 0.6 is 11.6 Å². The number of rotatable bonds is 4. The molecule has 1 aliphatic heterocycles. The number of carbonyl (C=O) groups is 3. The molecular formula is C15H16ClNO4. The van der Waals surface area contributed by atoms with Crippen molar-refractivity contribution in [1.82, 2.24) is 0 Å². The lowest BCUT2D eigenvalue weighted by Gasteiger charge is -2.23. The molecule has 0 atom stereocenters. The van der Waals surface area contributed by atoms with Gasteiger partial charge in [-0.15, -0.1) is 0 Å². The number of imide groups is 1. The molecule has 2 rings (SSSR count). The van der Waals surface area contributed by atoms with E-state index in [1.807, 2.05) is 13.8 Å². The van der Waals surface area contributed by atoms with Crippen LogP contribution in [-0.2, 0) is 9.59 Å².